The van der Waals surface area contributed by atoms with Crippen LogP contribution in [0.4, 0.5) is 5.82 Å². The fourth-order valence-electron chi connectivity index (χ4n) is 5.32. The van der Waals surface area contributed by atoms with Crippen molar-refractivity contribution < 1.29 is 9.53 Å². The van der Waals surface area contributed by atoms with Gasteiger partial charge in [0.2, 0.25) is 0 Å². The molecule has 4 aromatic rings. The van der Waals surface area contributed by atoms with Crippen LogP contribution in [-0.2, 0) is 9.53 Å². The van der Waals surface area contributed by atoms with Crippen LogP contribution in [-0.4, -0.2) is 81.2 Å². The minimum Gasteiger partial charge on any atom is -0.383 e. The summed E-state index contributed by atoms with van der Waals surface area (Å²) in [4.78, 5) is 26.8. The Bertz CT molecular complexity index is 1450. The van der Waals surface area contributed by atoms with E-state index in [9.17, 15) is 4.79 Å². The smallest absolute Gasteiger partial charge is 0.253 e. The highest BCUT2D eigenvalue weighted by Crippen LogP contribution is 2.37. The molecular formula is C28H30BrN7O2. The summed E-state index contributed by atoms with van der Waals surface area (Å²) in [5, 5.41) is 4.52. The van der Waals surface area contributed by atoms with Crippen LogP contribution in [0.3, 0.4) is 0 Å². The molecule has 196 valence electrons. The minimum atomic E-state index is -0.376. The lowest BCUT2D eigenvalue weighted by Crippen LogP contribution is -2.51. The van der Waals surface area contributed by atoms with Gasteiger partial charge < -0.3 is 20.3 Å². The second kappa shape index (κ2) is 10.4. The lowest BCUT2D eigenvalue weighted by molar-refractivity contribution is -0.149. The Hall–Kier alpha value is -3.34. The molecule has 9 nitrogen and oxygen atoms in total. The third-order valence-electron chi connectivity index (χ3n) is 7.53. The van der Waals surface area contributed by atoms with Crippen LogP contribution < -0.4 is 5.73 Å². The normalized spacial score (nSPS) is 19.2. The van der Waals surface area contributed by atoms with Gasteiger partial charge in [0, 0.05) is 55.0 Å². The van der Waals surface area contributed by atoms with Crippen LogP contribution in [0.5, 0.6) is 0 Å². The molecule has 2 aliphatic heterocycles. The Morgan fingerprint density at radius 1 is 1.05 bits per heavy atom. The number of benzene rings is 1. The molecule has 0 spiro atoms. The van der Waals surface area contributed by atoms with Crippen molar-refractivity contribution in [2.24, 2.45) is 0 Å². The number of morpholine rings is 1. The number of halogens is 1. The van der Waals surface area contributed by atoms with Gasteiger partial charge in [-0.3, -0.25) is 9.78 Å². The maximum absolute atomic E-state index is 13.0. The summed E-state index contributed by atoms with van der Waals surface area (Å²) < 4.78 is 8.19. The Kier molecular flexibility index (Phi) is 6.86. The number of anilines is 1. The van der Waals surface area contributed by atoms with Gasteiger partial charge in [0.25, 0.3) is 5.91 Å². The number of piperidine rings is 1. The van der Waals surface area contributed by atoms with E-state index in [0.717, 1.165) is 51.9 Å². The number of nitrogens with zero attached hydrogens (tertiary/aromatic N) is 6. The first kappa shape index (κ1) is 25.0. The van der Waals surface area contributed by atoms with E-state index in [2.05, 4.69) is 30.9 Å². The molecule has 2 saturated heterocycles. The number of aromatic nitrogens is 4. The van der Waals surface area contributed by atoms with Gasteiger partial charge in [0.1, 0.15) is 11.9 Å². The van der Waals surface area contributed by atoms with Crippen LogP contribution >= 0.6 is 15.9 Å². The number of hydrogen-bond donors (Lipinski definition) is 1. The molecule has 1 amide bonds. The van der Waals surface area contributed by atoms with Crippen molar-refractivity contribution in [3.05, 3.63) is 65.0 Å². The number of amides is 1. The number of nitrogen functional groups attached to an aromatic ring is 1. The first-order chi connectivity index (χ1) is 18.5. The lowest BCUT2D eigenvalue weighted by atomic mass is 9.92. The summed E-state index contributed by atoms with van der Waals surface area (Å²) in [5.41, 5.74) is 11.9. The second-order valence-electron chi connectivity index (χ2n) is 10.0. The zero-order chi connectivity index (χ0) is 26.2. The molecule has 5 heterocycles. The highest BCUT2D eigenvalue weighted by atomic mass is 79.9. The van der Waals surface area contributed by atoms with E-state index in [1.165, 1.54) is 0 Å². The fourth-order valence-corrected chi connectivity index (χ4v) is 5.90. The van der Waals surface area contributed by atoms with Crippen molar-refractivity contribution in [1.29, 1.82) is 0 Å². The predicted molar refractivity (Wildman–Crippen MR) is 150 cm³/mol. The number of nitrogens with two attached hydrogens (primary N) is 1. The van der Waals surface area contributed by atoms with Gasteiger partial charge in [-0.05, 0) is 41.9 Å². The van der Waals surface area contributed by atoms with Crippen molar-refractivity contribution in [3.63, 3.8) is 0 Å². The molecule has 2 aliphatic rings. The summed E-state index contributed by atoms with van der Waals surface area (Å²) in [6.07, 6.45) is 4.89. The number of rotatable bonds is 4. The van der Waals surface area contributed by atoms with E-state index in [-0.39, 0.29) is 17.9 Å². The zero-order valence-corrected chi connectivity index (χ0v) is 22.8. The summed E-state index contributed by atoms with van der Waals surface area (Å²) in [6, 6.07) is 14.1. The van der Waals surface area contributed by atoms with E-state index in [4.69, 9.17) is 15.5 Å². The van der Waals surface area contributed by atoms with Crippen LogP contribution in [0.15, 0.2) is 59.3 Å². The standard InChI is InChI=1S/C28H30BrN7O2/c1-34-13-14-38-23(17-34)28(37)35-11-9-19(10-12-35)25-24(29)26(30)36-27(33-25)21(16-32-36)20-7-8-22(31-15-20)18-5-3-2-4-6-18/h2-8,15-16,19,23H,9-14,17,30H2,1H3. The molecule has 0 saturated carbocycles. The molecule has 0 radical (unpaired) electrons. The largest absolute Gasteiger partial charge is 0.383 e. The van der Waals surface area contributed by atoms with Gasteiger partial charge in [-0.1, -0.05) is 36.4 Å². The first-order valence-corrected chi connectivity index (χ1v) is 13.7. The lowest BCUT2D eigenvalue weighted by Gasteiger charge is -2.36. The predicted octanol–water partition coefficient (Wildman–Crippen LogP) is 3.84. The fraction of sp³-hybridized carbons (Fsp3) is 0.357. The molecule has 2 N–H and O–H groups in total. The van der Waals surface area contributed by atoms with Crippen molar-refractivity contribution in [3.8, 4) is 22.4 Å². The molecule has 0 bridgehead atoms. The summed E-state index contributed by atoms with van der Waals surface area (Å²) in [7, 11) is 2.02. The second-order valence-corrected chi connectivity index (χ2v) is 10.8. The van der Waals surface area contributed by atoms with Crippen molar-refractivity contribution in [1.82, 2.24) is 29.4 Å². The Morgan fingerprint density at radius 3 is 2.55 bits per heavy atom. The van der Waals surface area contributed by atoms with Gasteiger partial charge in [0.15, 0.2) is 5.65 Å². The molecule has 1 atom stereocenters. The molecule has 38 heavy (non-hydrogen) atoms. The van der Waals surface area contributed by atoms with Crippen molar-refractivity contribution in [2.45, 2.75) is 24.9 Å². The average Bonchev–Trinajstić information content (AvgIpc) is 3.39. The van der Waals surface area contributed by atoms with Crippen LogP contribution in [0.25, 0.3) is 28.0 Å². The topological polar surface area (TPSA) is 102 Å². The highest BCUT2D eigenvalue weighted by molar-refractivity contribution is 9.10. The maximum Gasteiger partial charge on any atom is 0.253 e. The zero-order valence-electron chi connectivity index (χ0n) is 21.3. The highest BCUT2D eigenvalue weighted by Gasteiger charge is 2.33. The quantitative estimate of drug-likeness (QED) is 0.394. The number of pyridine rings is 1. The van der Waals surface area contributed by atoms with Gasteiger partial charge >= 0.3 is 0 Å². The number of likely N-dealkylation sites (tertiary alicyclic amines) is 1. The molecule has 3 aromatic heterocycles. The van der Waals surface area contributed by atoms with Crippen molar-refractivity contribution in [2.75, 3.05) is 45.6 Å². The third-order valence-corrected chi connectivity index (χ3v) is 8.34. The molecule has 6 rings (SSSR count). The van der Waals surface area contributed by atoms with Crippen LogP contribution in [0, 0.1) is 0 Å². The minimum absolute atomic E-state index is 0.0847. The molecular weight excluding hydrogens is 546 g/mol. The molecule has 1 aromatic carbocycles. The summed E-state index contributed by atoms with van der Waals surface area (Å²) >= 11 is 3.68. The first-order valence-electron chi connectivity index (χ1n) is 12.9. The molecule has 10 heteroatoms. The molecule has 0 aliphatic carbocycles. The van der Waals surface area contributed by atoms with Gasteiger partial charge in [-0.25, -0.2) is 4.98 Å². The Morgan fingerprint density at radius 2 is 1.84 bits per heavy atom. The van der Waals surface area contributed by atoms with Crippen LogP contribution in [0.2, 0.25) is 0 Å². The van der Waals surface area contributed by atoms with E-state index < -0.39 is 0 Å². The van der Waals surface area contributed by atoms with Gasteiger partial charge in [0.05, 0.1) is 28.7 Å². The van der Waals surface area contributed by atoms with E-state index in [0.29, 0.717) is 37.7 Å². The Labute approximate surface area is 229 Å². The number of carbonyl (C=O) groups is 1. The third kappa shape index (κ3) is 4.68. The van der Waals surface area contributed by atoms with Crippen LogP contribution in [0.1, 0.15) is 24.5 Å². The number of hydrogen-bond acceptors (Lipinski definition) is 7. The van der Waals surface area contributed by atoms with E-state index >= 15 is 0 Å². The number of likely N-dealkylation sites (N-methyl/N-ethyl adjacent to an activating group) is 1. The SMILES string of the molecule is CN1CCOC(C(=O)N2CCC(c3nc4c(-c5ccc(-c6ccccc6)nc5)cnn4c(N)c3Br)CC2)C1. The van der Waals surface area contributed by atoms with Gasteiger partial charge in [-0.15, -0.1) is 0 Å². The molecule has 1 unspecified atom stereocenters. The Balaban J connectivity index is 1.23. The number of carbonyl (C=O) groups excluding carboxylic acids is 1. The molecule has 2 fully saturated rings. The number of ether oxygens (including phenoxy) is 1. The van der Waals surface area contributed by atoms with Gasteiger partial charge in [-0.2, -0.15) is 9.61 Å². The summed E-state index contributed by atoms with van der Waals surface area (Å²) in [5.74, 6) is 0.779. The average molecular weight is 576 g/mol. The van der Waals surface area contributed by atoms with E-state index in [1.807, 2.05) is 60.6 Å². The summed E-state index contributed by atoms with van der Waals surface area (Å²) in [6.45, 7) is 3.44. The monoisotopic (exact) mass is 575 g/mol. The maximum atomic E-state index is 13.0. The van der Waals surface area contributed by atoms with Crippen molar-refractivity contribution >= 4 is 33.3 Å². The number of fused-ring (bicyclic) bond motifs is 1. The van der Waals surface area contributed by atoms with E-state index in [1.54, 1.807) is 10.7 Å².